The van der Waals surface area contributed by atoms with Crippen LogP contribution in [0.1, 0.15) is 64.4 Å². The number of ether oxygens (including phenoxy) is 1. The molecule has 1 aromatic carbocycles. The molecule has 1 aromatic rings. The lowest BCUT2D eigenvalue weighted by molar-refractivity contribution is -0.394. The van der Waals surface area contributed by atoms with Crippen molar-refractivity contribution >= 4 is 17.3 Å². The molecule has 0 amide bonds. The third-order valence-electron chi connectivity index (χ3n) is 3.98. The van der Waals surface area contributed by atoms with Gasteiger partial charge < -0.3 is 4.74 Å². The van der Waals surface area contributed by atoms with Gasteiger partial charge >= 0.3 is 11.7 Å². The first-order chi connectivity index (χ1) is 12.3. The van der Waals surface area contributed by atoms with E-state index >= 15 is 0 Å². The second-order valence-electron chi connectivity index (χ2n) is 5.95. The fraction of sp³-hybridized carbons (Fsp3) is 0.500. The highest BCUT2D eigenvalue weighted by molar-refractivity contribution is 5.85. The number of esters is 1. The number of nitro groups is 2. The predicted octanol–water partition coefficient (Wildman–Crippen LogP) is 5.06. The number of unbranched alkanes of at least 4 members (excludes halogenated alkanes) is 1. The Morgan fingerprint density at radius 3 is 2.35 bits per heavy atom. The Labute approximate surface area is 152 Å². The summed E-state index contributed by atoms with van der Waals surface area (Å²) in [6.45, 7) is 5.61. The van der Waals surface area contributed by atoms with Gasteiger partial charge in [-0.2, -0.15) is 0 Å². The largest absolute Gasteiger partial charge is 0.416 e. The van der Waals surface area contributed by atoms with Gasteiger partial charge in [0.2, 0.25) is 5.75 Å². The predicted molar refractivity (Wildman–Crippen MR) is 97.4 cm³/mol. The lowest BCUT2D eigenvalue weighted by Gasteiger charge is -2.19. The first kappa shape index (κ1) is 21.3. The standard InChI is InChI=1S/C18H24N2O6/c1-4-7-10-13(8-5-2)15-11-14(19(22)23)12-16(20(24)25)18(15)26-17(21)9-6-3/h6,9,11-13H,4-5,7-8,10H2,1-3H3/b9-6+. The van der Waals surface area contributed by atoms with Gasteiger partial charge in [0.1, 0.15) is 0 Å². The van der Waals surface area contributed by atoms with Crippen LogP contribution in [0.4, 0.5) is 11.4 Å². The maximum atomic E-state index is 11.9. The first-order valence-electron chi connectivity index (χ1n) is 8.66. The molecule has 0 aromatic heterocycles. The lowest BCUT2D eigenvalue weighted by Crippen LogP contribution is -2.11. The summed E-state index contributed by atoms with van der Waals surface area (Å²) >= 11 is 0. The second-order valence-corrected chi connectivity index (χ2v) is 5.95. The van der Waals surface area contributed by atoms with E-state index in [-0.39, 0.29) is 17.4 Å². The molecule has 0 fully saturated rings. The fourth-order valence-corrected chi connectivity index (χ4v) is 2.80. The van der Waals surface area contributed by atoms with E-state index < -0.39 is 21.5 Å². The van der Waals surface area contributed by atoms with Crippen LogP contribution >= 0.6 is 0 Å². The average molecular weight is 364 g/mol. The van der Waals surface area contributed by atoms with Crippen molar-refractivity contribution in [3.8, 4) is 5.75 Å². The minimum atomic E-state index is -0.753. The molecule has 26 heavy (non-hydrogen) atoms. The molecule has 0 heterocycles. The summed E-state index contributed by atoms with van der Waals surface area (Å²) in [5.41, 5.74) is -0.598. The number of hydrogen-bond acceptors (Lipinski definition) is 6. The van der Waals surface area contributed by atoms with Gasteiger partial charge in [0, 0.05) is 17.7 Å². The number of rotatable bonds is 10. The molecule has 142 valence electrons. The molecule has 0 saturated heterocycles. The SMILES string of the molecule is C/C=C/C(=O)Oc1c(C(CCC)CCCC)cc([N+](=O)[O-])cc1[N+](=O)[O-]. The number of benzene rings is 1. The number of carbonyl (C=O) groups is 1. The van der Waals surface area contributed by atoms with Gasteiger partial charge in [0.05, 0.1) is 15.9 Å². The van der Waals surface area contributed by atoms with Crippen LogP contribution in [-0.2, 0) is 4.79 Å². The minimum absolute atomic E-state index is 0.160. The Hall–Kier alpha value is -2.77. The van der Waals surface area contributed by atoms with Crippen LogP contribution in [0.2, 0.25) is 0 Å². The van der Waals surface area contributed by atoms with Crippen LogP contribution < -0.4 is 4.74 Å². The highest BCUT2D eigenvalue weighted by Gasteiger charge is 2.30. The summed E-state index contributed by atoms with van der Waals surface area (Å²) in [5.74, 6) is -1.11. The highest BCUT2D eigenvalue weighted by Crippen LogP contribution is 2.42. The number of carbonyl (C=O) groups excluding carboxylic acids is 1. The van der Waals surface area contributed by atoms with E-state index in [2.05, 4.69) is 0 Å². The lowest BCUT2D eigenvalue weighted by atomic mass is 9.88. The minimum Gasteiger partial charge on any atom is -0.416 e. The van der Waals surface area contributed by atoms with Crippen LogP contribution in [0.3, 0.4) is 0 Å². The van der Waals surface area contributed by atoms with Crippen LogP contribution in [0.5, 0.6) is 5.75 Å². The Kier molecular flexibility index (Phi) is 8.41. The molecule has 0 saturated carbocycles. The zero-order valence-electron chi connectivity index (χ0n) is 15.3. The third kappa shape index (κ3) is 5.65. The van der Waals surface area contributed by atoms with E-state index in [0.717, 1.165) is 31.4 Å². The van der Waals surface area contributed by atoms with Crippen molar-refractivity contribution < 1.29 is 19.4 Å². The van der Waals surface area contributed by atoms with Crippen LogP contribution in [0.25, 0.3) is 0 Å². The Balaban J connectivity index is 3.60. The van der Waals surface area contributed by atoms with Gasteiger partial charge in [-0.05, 0) is 25.7 Å². The van der Waals surface area contributed by atoms with Crippen LogP contribution in [0, 0.1) is 20.2 Å². The molecular weight excluding hydrogens is 340 g/mol. The monoisotopic (exact) mass is 364 g/mol. The molecule has 1 atom stereocenters. The maximum absolute atomic E-state index is 11.9. The quantitative estimate of drug-likeness (QED) is 0.188. The Bertz CT molecular complexity index is 699. The molecule has 1 rings (SSSR count). The van der Waals surface area contributed by atoms with Gasteiger partial charge in [-0.1, -0.05) is 39.2 Å². The van der Waals surface area contributed by atoms with E-state index in [1.165, 1.54) is 12.1 Å². The summed E-state index contributed by atoms with van der Waals surface area (Å²) in [6.07, 6.45) is 6.58. The fourth-order valence-electron chi connectivity index (χ4n) is 2.80. The summed E-state index contributed by atoms with van der Waals surface area (Å²) < 4.78 is 5.23. The molecule has 1 unspecified atom stereocenters. The third-order valence-corrected chi connectivity index (χ3v) is 3.98. The van der Waals surface area contributed by atoms with Crippen molar-refractivity contribution in [3.05, 3.63) is 50.1 Å². The first-order valence-corrected chi connectivity index (χ1v) is 8.66. The number of nitrogens with zero attached hydrogens (tertiary/aromatic N) is 2. The maximum Gasteiger partial charge on any atom is 0.336 e. The normalized spacial score (nSPS) is 12.1. The number of allylic oxidation sites excluding steroid dienone is 1. The Morgan fingerprint density at radius 2 is 1.85 bits per heavy atom. The van der Waals surface area contributed by atoms with E-state index in [1.807, 2.05) is 13.8 Å². The molecule has 0 bridgehead atoms. The summed E-state index contributed by atoms with van der Waals surface area (Å²) in [5, 5.41) is 22.7. The summed E-state index contributed by atoms with van der Waals surface area (Å²) in [4.78, 5) is 33.1. The molecular formula is C18H24N2O6. The zero-order chi connectivity index (χ0) is 19.7. The summed E-state index contributed by atoms with van der Waals surface area (Å²) in [6, 6.07) is 2.13. The molecule has 0 N–H and O–H groups in total. The number of non-ortho nitro benzene ring substituents is 1. The van der Waals surface area contributed by atoms with Gasteiger partial charge in [0.15, 0.2) is 0 Å². The molecule has 0 aliphatic carbocycles. The topological polar surface area (TPSA) is 113 Å². The van der Waals surface area contributed by atoms with Crippen molar-refractivity contribution in [3.63, 3.8) is 0 Å². The van der Waals surface area contributed by atoms with E-state index in [0.29, 0.717) is 18.4 Å². The number of hydrogen-bond donors (Lipinski definition) is 0. The van der Waals surface area contributed by atoms with E-state index in [4.69, 9.17) is 4.74 Å². The van der Waals surface area contributed by atoms with E-state index in [1.54, 1.807) is 6.92 Å². The molecule has 8 nitrogen and oxygen atoms in total. The smallest absolute Gasteiger partial charge is 0.336 e. The molecule has 0 aliphatic heterocycles. The van der Waals surface area contributed by atoms with E-state index in [9.17, 15) is 25.0 Å². The van der Waals surface area contributed by atoms with Gasteiger partial charge in [-0.25, -0.2) is 4.79 Å². The van der Waals surface area contributed by atoms with Crippen molar-refractivity contribution in [2.24, 2.45) is 0 Å². The van der Waals surface area contributed by atoms with Crippen molar-refractivity contribution in [1.82, 2.24) is 0 Å². The highest BCUT2D eigenvalue weighted by atomic mass is 16.6. The molecule has 0 radical (unpaired) electrons. The molecule has 8 heteroatoms. The average Bonchev–Trinajstić information content (AvgIpc) is 2.58. The second kappa shape index (κ2) is 10.3. The van der Waals surface area contributed by atoms with Crippen molar-refractivity contribution in [1.29, 1.82) is 0 Å². The Morgan fingerprint density at radius 1 is 1.15 bits per heavy atom. The van der Waals surface area contributed by atoms with Crippen molar-refractivity contribution in [2.75, 3.05) is 0 Å². The summed E-state index contributed by atoms with van der Waals surface area (Å²) in [7, 11) is 0. The molecule has 0 aliphatic rings. The van der Waals surface area contributed by atoms with Crippen LogP contribution in [-0.4, -0.2) is 15.8 Å². The van der Waals surface area contributed by atoms with Gasteiger partial charge in [-0.3, -0.25) is 20.2 Å². The van der Waals surface area contributed by atoms with Gasteiger partial charge in [0.25, 0.3) is 5.69 Å². The van der Waals surface area contributed by atoms with Crippen LogP contribution in [0.15, 0.2) is 24.3 Å². The molecule has 0 spiro atoms. The van der Waals surface area contributed by atoms with Gasteiger partial charge in [-0.15, -0.1) is 0 Å². The van der Waals surface area contributed by atoms with Crippen molar-refractivity contribution in [2.45, 2.75) is 58.8 Å². The zero-order valence-corrected chi connectivity index (χ0v) is 15.3. The number of nitro benzene ring substituents is 2.